The molecule has 0 atom stereocenters. The van der Waals surface area contributed by atoms with Crippen molar-refractivity contribution in [2.75, 3.05) is 6.54 Å². The fraction of sp³-hybridized carbons (Fsp3) is 0.444. The molecule has 0 spiro atoms. The molecule has 4 N–H and O–H groups in total. The Labute approximate surface area is 141 Å². The summed E-state index contributed by atoms with van der Waals surface area (Å²) in [5, 5.41) is 12.0. The third kappa shape index (κ3) is 3.01. The van der Waals surface area contributed by atoms with Gasteiger partial charge in [-0.15, -0.1) is 0 Å². The van der Waals surface area contributed by atoms with Crippen molar-refractivity contribution in [3.05, 3.63) is 36.6 Å². The molecule has 24 heavy (non-hydrogen) atoms. The summed E-state index contributed by atoms with van der Waals surface area (Å²) in [4.78, 5) is 13.1. The first-order valence-corrected chi connectivity index (χ1v) is 8.57. The van der Waals surface area contributed by atoms with Crippen LogP contribution in [0, 0.1) is 17.2 Å². The van der Waals surface area contributed by atoms with Crippen LogP contribution in [-0.4, -0.2) is 33.3 Å². The second-order valence-corrected chi connectivity index (χ2v) is 6.80. The number of nitrogens with zero attached hydrogens (tertiary/aromatic N) is 3. The highest BCUT2D eigenvalue weighted by molar-refractivity contribution is 6.23. The molecular weight excluding hydrogens is 300 g/mol. The van der Waals surface area contributed by atoms with Gasteiger partial charge in [-0.3, -0.25) is 15.0 Å². The molecule has 2 aromatic heterocycles. The van der Waals surface area contributed by atoms with Crippen LogP contribution < -0.4 is 11.1 Å². The first-order valence-electron chi connectivity index (χ1n) is 8.57. The zero-order chi connectivity index (χ0) is 16.5. The molecule has 0 bridgehead atoms. The average molecular weight is 322 g/mol. The fourth-order valence-electron chi connectivity index (χ4n) is 3.16. The van der Waals surface area contributed by atoms with Crippen LogP contribution in [0.3, 0.4) is 0 Å². The molecule has 0 unspecified atom stereocenters. The molecule has 0 saturated heterocycles. The fourth-order valence-corrected chi connectivity index (χ4v) is 3.16. The van der Waals surface area contributed by atoms with E-state index in [2.05, 4.69) is 20.3 Å². The van der Waals surface area contributed by atoms with Crippen LogP contribution in [-0.2, 0) is 0 Å². The number of allylic oxidation sites excluding steroid dienone is 1. The lowest BCUT2D eigenvalue weighted by atomic mass is 9.80. The van der Waals surface area contributed by atoms with Gasteiger partial charge in [-0.2, -0.15) is 0 Å². The lowest BCUT2D eigenvalue weighted by Gasteiger charge is -2.34. The van der Waals surface area contributed by atoms with Gasteiger partial charge in [0, 0.05) is 41.8 Å². The van der Waals surface area contributed by atoms with E-state index in [4.69, 9.17) is 11.1 Å². The lowest BCUT2D eigenvalue weighted by molar-refractivity contribution is 0.247. The third-order valence-corrected chi connectivity index (χ3v) is 4.94. The van der Waals surface area contributed by atoms with Crippen LogP contribution in [0.25, 0.3) is 16.6 Å². The highest BCUT2D eigenvalue weighted by Crippen LogP contribution is 2.35. The molecule has 2 aromatic rings. The van der Waals surface area contributed by atoms with Gasteiger partial charge >= 0.3 is 0 Å². The van der Waals surface area contributed by atoms with E-state index in [1.165, 1.54) is 0 Å². The summed E-state index contributed by atoms with van der Waals surface area (Å²) in [6.45, 7) is 0.761. The quantitative estimate of drug-likeness (QED) is 0.707. The molecule has 2 saturated carbocycles. The van der Waals surface area contributed by atoms with E-state index in [0.717, 1.165) is 54.5 Å². The van der Waals surface area contributed by atoms with E-state index >= 15 is 0 Å². The molecule has 2 aliphatic carbocycles. The van der Waals surface area contributed by atoms with Crippen molar-refractivity contribution in [1.29, 1.82) is 5.41 Å². The topological polar surface area (TPSA) is 101 Å². The molecule has 6 heteroatoms. The summed E-state index contributed by atoms with van der Waals surface area (Å²) < 4.78 is 0. The van der Waals surface area contributed by atoms with Crippen LogP contribution in [0.1, 0.15) is 31.4 Å². The van der Waals surface area contributed by atoms with Crippen molar-refractivity contribution < 1.29 is 0 Å². The molecule has 2 heterocycles. The molecule has 4 rings (SSSR count). The monoisotopic (exact) mass is 322 g/mol. The van der Waals surface area contributed by atoms with Crippen LogP contribution >= 0.6 is 0 Å². The highest BCUT2D eigenvalue weighted by atomic mass is 14.9. The molecule has 0 aromatic carbocycles. The van der Waals surface area contributed by atoms with Crippen molar-refractivity contribution in [2.24, 2.45) is 17.6 Å². The number of aromatic nitrogens is 3. The Hall–Kier alpha value is -2.34. The Balaban J connectivity index is 1.60. The summed E-state index contributed by atoms with van der Waals surface area (Å²) in [6.07, 6.45) is 11.5. The Bertz CT molecular complexity index is 789. The smallest absolute Gasteiger partial charge is 0.107 e. The van der Waals surface area contributed by atoms with Gasteiger partial charge in [0.1, 0.15) is 5.52 Å². The largest absolute Gasteiger partial charge is 0.388 e. The van der Waals surface area contributed by atoms with Gasteiger partial charge in [-0.05, 0) is 44.2 Å². The maximum Gasteiger partial charge on any atom is 0.107 e. The molecule has 124 valence electrons. The Kier molecular flexibility index (Phi) is 3.98. The van der Waals surface area contributed by atoms with Crippen molar-refractivity contribution in [3.63, 3.8) is 0 Å². The molecule has 6 nitrogen and oxygen atoms in total. The predicted molar refractivity (Wildman–Crippen MR) is 94.5 cm³/mol. The van der Waals surface area contributed by atoms with E-state index in [-0.39, 0.29) is 0 Å². The summed E-state index contributed by atoms with van der Waals surface area (Å²) in [6, 6.07) is 2.39. The number of nitrogens with one attached hydrogen (secondary N) is 2. The Morgan fingerprint density at radius 3 is 2.67 bits per heavy atom. The minimum atomic E-state index is 0.371. The lowest BCUT2D eigenvalue weighted by Crippen LogP contribution is -2.41. The zero-order valence-electron chi connectivity index (χ0n) is 13.6. The van der Waals surface area contributed by atoms with Gasteiger partial charge in [0.25, 0.3) is 0 Å². The first kappa shape index (κ1) is 15.2. The Morgan fingerprint density at radius 1 is 1.21 bits per heavy atom. The second kappa shape index (κ2) is 6.28. The van der Waals surface area contributed by atoms with Gasteiger partial charge in [-0.25, -0.2) is 0 Å². The second-order valence-electron chi connectivity index (χ2n) is 6.80. The SMILES string of the molecule is N=C(/C(=C\NC1CC(CN)C1)c1cc2nccnc2cn1)C1CC1. The number of hydrogen-bond donors (Lipinski definition) is 3. The summed E-state index contributed by atoms with van der Waals surface area (Å²) in [7, 11) is 0. The number of pyridine rings is 1. The molecular formula is C18H22N6. The van der Waals surface area contributed by atoms with Gasteiger partial charge in [-0.1, -0.05) is 0 Å². The van der Waals surface area contributed by atoms with Gasteiger partial charge < -0.3 is 16.5 Å². The third-order valence-electron chi connectivity index (χ3n) is 4.94. The molecule has 2 fully saturated rings. The molecule has 2 aliphatic rings. The predicted octanol–water partition coefficient (Wildman–Crippen LogP) is 2.12. The highest BCUT2D eigenvalue weighted by Gasteiger charge is 2.31. The number of nitrogens with two attached hydrogens (primary N) is 1. The number of rotatable bonds is 6. The van der Waals surface area contributed by atoms with Crippen molar-refractivity contribution in [3.8, 4) is 0 Å². The minimum absolute atomic E-state index is 0.371. The maximum absolute atomic E-state index is 8.50. The van der Waals surface area contributed by atoms with Crippen molar-refractivity contribution in [1.82, 2.24) is 20.3 Å². The van der Waals surface area contributed by atoms with Crippen LogP contribution in [0.4, 0.5) is 0 Å². The van der Waals surface area contributed by atoms with Crippen molar-refractivity contribution in [2.45, 2.75) is 31.7 Å². The summed E-state index contributed by atoms with van der Waals surface area (Å²) in [5.41, 5.74) is 9.62. The van der Waals surface area contributed by atoms with E-state index in [1.807, 2.05) is 12.3 Å². The summed E-state index contributed by atoms with van der Waals surface area (Å²) >= 11 is 0. The van der Waals surface area contributed by atoms with E-state index < -0.39 is 0 Å². The van der Waals surface area contributed by atoms with Crippen LogP contribution in [0.5, 0.6) is 0 Å². The Morgan fingerprint density at radius 2 is 1.96 bits per heavy atom. The molecule has 0 aliphatic heterocycles. The van der Waals surface area contributed by atoms with E-state index in [0.29, 0.717) is 23.6 Å². The van der Waals surface area contributed by atoms with Gasteiger partial charge in [0.2, 0.25) is 0 Å². The van der Waals surface area contributed by atoms with E-state index in [1.54, 1.807) is 18.6 Å². The minimum Gasteiger partial charge on any atom is -0.388 e. The molecule has 0 radical (unpaired) electrons. The molecule has 0 amide bonds. The van der Waals surface area contributed by atoms with Gasteiger partial charge in [0.15, 0.2) is 0 Å². The van der Waals surface area contributed by atoms with E-state index in [9.17, 15) is 0 Å². The normalized spacial score (nSPS) is 23.8. The first-order chi connectivity index (χ1) is 11.7. The average Bonchev–Trinajstić information content (AvgIpc) is 3.41. The number of hydrogen-bond acceptors (Lipinski definition) is 6. The van der Waals surface area contributed by atoms with Crippen molar-refractivity contribution >= 4 is 22.3 Å². The van der Waals surface area contributed by atoms with Gasteiger partial charge in [0.05, 0.1) is 17.4 Å². The summed E-state index contributed by atoms with van der Waals surface area (Å²) in [5.74, 6) is 1.01. The maximum atomic E-state index is 8.50. The van der Waals surface area contributed by atoms with Crippen LogP contribution in [0.2, 0.25) is 0 Å². The standard InChI is InChI=1S/C18H22N6/c19-8-11-5-13(6-11)23-9-14(18(20)12-1-2-12)15-7-16-17(10-24-15)22-4-3-21-16/h3-4,7,9-13,20,23H,1-2,5-6,8,19H2/b14-9-,20-18?. The zero-order valence-corrected chi connectivity index (χ0v) is 13.6. The number of fused-ring (bicyclic) bond motifs is 1. The van der Waals surface area contributed by atoms with Crippen LogP contribution in [0.15, 0.2) is 30.9 Å².